The minimum absolute atomic E-state index is 0.324. The number of hydrogen-bond donors (Lipinski definition) is 3. The molecule has 4 N–H and O–H groups in total. The number of aliphatic carboxylic acids is 1. The first-order chi connectivity index (χ1) is 17.3. The van der Waals surface area contributed by atoms with E-state index in [9.17, 15) is 9.90 Å². The lowest BCUT2D eigenvalue weighted by atomic mass is 9.78. The summed E-state index contributed by atoms with van der Waals surface area (Å²) in [4.78, 5) is 19.0. The van der Waals surface area contributed by atoms with Crippen LogP contribution in [0.5, 0.6) is 5.75 Å². The highest BCUT2D eigenvalue weighted by Gasteiger charge is 2.29. The topological polar surface area (TPSA) is 101 Å². The van der Waals surface area contributed by atoms with Gasteiger partial charge in [-0.15, -0.1) is 0 Å². The van der Waals surface area contributed by atoms with Gasteiger partial charge in [0.1, 0.15) is 12.4 Å². The molecule has 2 atom stereocenters. The lowest BCUT2D eigenvalue weighted by Gasteiger charge is -2.27. The molecule has 2 heterocycles. The van der Waals surface area contributed by atoms with Crippen LogP contribution in [0, 0.1) is 19.8 Å². The highest BCUT2D eigenvalue weighted by atomic mass is 16.5. The molecule has 0 saturated carbocycles. The van der Waals surface area contributed by atoms with Crippen LogP contribution in [-0.4, -0.2) is 40.7 Å². The third kappa shape index (κ3) is 5.31. The first-order valence-electron chi connectivity index (χ1n) is 12.5. The Bertz CT molecular complexity index is 1240. The van der Waals surface area contributed by atoms with Gasteiger partial charge in [-0.2, -0.15) is 0 Å². The molecule has 36 heavy (non-hydrogen) atoms. The van der Waals surface area contributed by atoms with Crippen molar-refractivity contribution in [3.05, 3.63) is 82.2 Å². The van der Waals surface area contributed by atoms with E-state index in [-0.39, 0.29) is 5.92 Å². The summed E-state index contributed by atoms with van der Waals surface area (Å²) in [6.07, 6.45) is 1.80. The normalized spacial score (nSPS) is 15.3. The van der Waals surface area contributed by atoms with Crippen LogP contribution in [0.2, 0.25) is 0 Å². The fraction of sp³-hybridized carbons (Fsp3) is 0.379. The Morgan fingerprint density at radius 2 is 2.06 bits per heavy atom. The number of aryl methyl sites for hydroxylation is 1. The van der Waals surface area contributed by atoms with Crippen molar-refractivity contribution >= 4 is 17.3 Å². The number of fused-ring (bicyclic) bond motifs is 1. The lowest BCUT2D eigenvalue weighted by Crippen LogP contribution is -2.26. The van der Waals surface area contributed by atoms with Crippen molar-refractivity contribution in [1.82, 2.24) is 9.88 Å². The molecule has 0 saturated heterocycles. The van der Waals surface area contributed by atoms with E-state index in [0.717, 1.165) is 53.5 Å². The van der Waals surface area contributed by atoms with E-state index >= 15 is 0 Å². The van der Waals surface area contributed by atoms with Crippen LogP contribution in [0.1, 0.15) is 53.3 Å². The maximum atomic E-state index is 12.2. The van der Waals surface area contributed by atoms with E-state index in [4.69, 9.17) is 10.5 Å². The molecule has 7 heteroatoms. The summed E-state index contributed by atoms with van der Waals surface area (Å²) < 4.78 is 5.89. The maximum Gasteiger partial charge on any atom is 0.307 e. The number of nitrogen functional groups attached to an aromatic ring is 1. The molecule has 190 valence electrons. The van der Waals surface area contributed by atoms with Crippen LogP contribution < -0.4 is 15.8 Å². The molecule has 0 bridgehead atoms. The zero-order valence-electron chi connectivity index (χ0n) is 21.5. The van der Waals surface area contributed by atoms with Gasteiger partial charge in [-0.05, 0) is 66.8 Å². The van der Waals surface area contributed by atoms with E-state index in [0.29, 0.717) is 18.8 Å². The van der Waals surface area contributed by atoms with Crippen molar-refractivity contribution in [3.63, 3.8) is 0 Å². The molecule has 0 amide bonds. The molecule has 1 aromatic heterocycles. The first-order valence-corrected chi connectivity index (χ1v) is 12.5. The third-order valence-corrected chi connectivity index (χ3v) is 7.16. The number of hydrogen-bond acceptors (Lipinski definition) is 6. The molecule has 2 aromatic carbocycles. The molecule has 1 aliphatic rings. The zero-order valence-corrected chi connectivity index (χ0v) is 21.5. The van der Waals surface area contributed by atoms with Crippen LogP contribution >= 0.6 is 0 Å². The average Bonchev–Trinajstić information content (AvgIpc) is 3.07. The molecule has 2 unspecified atom stereocenters. The molecule has 4 rings (SSSR count). The summed E-state index contributed by atoms with van der Waals surface area (Å²) in [6, 6.07) is 14.1. The second-order valence-corrected chi connectivity index (χ2v) is 9.57. The second kappa shape index (κ2) is 11.0. The number of carboxylic acid groups (broad SMARTS) is 1. The molecule has 7 nitrogen and oxygen atoms in total. The van der Waals surface area contributed by atoms with Crippen molar-refractivity contribution in [1.29, 1.82) is 0 Å². The molecule has 0 radical (unpaired) electrons. The van der Waals surface area contributed by atoms with E-state index in [1.165, 1.54) is 11.1 Å². The minimum atomic E-state index is -0.830. The molecule has 0 spiro atoms. The van der Waals surface area contributed by atoms with Gasteiger partial charge >= 0.3 is 5.97 Å². The minimum Gasteiger partial charge on any atom is -0.490 e. The Hall–Kier alpha value is -3.58. The standard InChI is InChI=1S/C29H36N4O3/c1-5-31-24-11-10-23(19(3)28(24)30)27(20(4)29(34)35)21-9-8-18(2)22(15-21)16-33-13-14-36-26-7-6-12-32-25(26)17-33/h6-12,15,20,27,31H,5,13-14,16-17,30H2,1-4H3,(H,34,35). The zero-order chi connectivity index (χ0) is 25.8. The second-order valence-electron chi connectivity index (χ2n) is 9.57. The maximum absolute atomic E-state index is 12.2. The molecule has 0 aliphatic carbocycles. The van der Waals surface area contributed by atoms with Gasteiger partial charge in [-0.1, -0.05) is 31.2 Å². The predicted octanol–water partition coefficient (Wildman–Crippen LogP) is 4.96. The number of ether oxygens (including phenoxy) is 1. The monoisotopic (exact) mass is 488 g/mol. The van der Waals surface area contributed by atoms with E-state index < -0.39 is 11.9 Å². The lowest BCUT2D eigenvalue weighted by molar-refractivity contribution is -0.141. The van der Waals surface area contributed by atoms with Crippen molar-refractivity contribution < 1.29 is 14.6 Å². The summed E-state index contributed by atoms with van der Waals surface area (Å²) in [6.45, 7) is 11.5. The Morgan fingerprint density at radius 3 is 2.81 bits per heavy atom. The highest BCUT2D eigenvalue weighted by molar-refractivity contribution is 5.75. The third-order valence-electron chi connectivity index (χ3n) is 7.16. The number of rotatable bonds is 8. The van der Waals surface area contributed by atoms with Crippen LogP contribution in [0.25, 0.3) is 0 Å². The molecule has 1 aliphatic heterocycles. The summed E-state index contributed by atoms with van der Waals surface area (Å²) >= 11 is 0. The van der Waals surface area contributed by atoms with Gasteiger partial charge in [0.2, 0.25) is 0 Å². The van der Waals surface area contributed by atoms with E-state index in [2.05, 4.69) is 40.3 Å². The van der Waals surface area contributed by atoms with Gasteiger partial charge in [0.05, 0.1) is 23.0 Å². The molecular weight excluding hydrogens is 452 g/mol. The highest BCUT2D eigenvalue weighted by Crippen LogP contribution is 2.39. The number of benzene rings is 2. The predicted molar refractivity (Wildman–Crippen MR) is 143 cm³/mol. The van der Waals surface area contributed by atoms with Crippen LogP contribution in [-0.2, 0) is 17.9 Å². The molecular formula is C29H36N4O3. The molecule has 3 aromatic rings. The summed E-state index contributed by atoms with van der Waals surface area (Å²) in [5.41, 5.74) is 14.1. The number of aromatic nitrogens is 1. The summed E-state index contributed by atoms with van der Waals surface area (Å²) in [5, 5.41) is 13.3. The largest absolute Gasteiger partial charge is 0.490 e. The number of nitrogens with two attached hydrogens (primary N) is 1. The SMILES string of the molecule is CCNc1ccc(C(c2ccc(C)c(CN3CCOc4cccnc4C3)c2)C(C)C(=O)O)c(C)c1N. The van der Waals surface area contributed by atoms with E-state index in [1.54, 1.807) is 13.1 Å². The van der Waals surface area contributed by atoms with Crippen LogP contribution in [0.15, 0.2) is 48.7 Å². The van der Waals surface area contributed by atoms with Crippen molar-refractivity contribution in [2.75, 3.05) is 30.7 Å². The number of carboxylic acids is 1. The van der Waals surface area contributed by atoms with Gasteiger partial charge in [-0.25, -0.2) is 0 Å². The smallest absolute Gasteiger partial charge is 0.307 e. The summed E-state index contributed by atoms with van der Waals surface area (Å²) in [7, 11) is 0. The fourth-order valence-corrected chi connectivity index (χ4v) is 4.99. The van der Waals surface area contributed by atoms with Crippen LogP contribution in [0.4, 0.5) is 11.4 Å². The van der Waals surface area contributed by atoms with Crippen molar-refractivity contribution in [2.45, 2.75) is 46.7 Å². The quantitative estimate of drug-likeness (QED) is 0.385. The van der Waals surface area contributed by atoms with Gasteiger partial charge in [0, 0.05) is 38.3 Å². The van der Waals surface area contributed by atoms with Crippen molar-refractivity contribution in [2.24, 2.45) is 5.92 Å². The van der Waals surface area contributed by atoms with Gasteiger partial charge in [0.25, 0.3) is 0 Å². The van der Waals surface area contributed by atoms with Crippen LogP contribution in [0.3, 0.4) is 0 Å². The number of nitrogens with zero attached hydrogens (tertiary/aromatic N) is 2. The Labute approximate surface area is 213 Å². The summed E-state index contributed by atoms with van der Waals surface area (Å²) in [5.74, 6) is -0.931. The average molecular weight is 489 g/mol. The Morgan fingerprint density at radius 1 is 1.25 bits per heavy atom. The first kappa shape index (κ1) is 25.5. The van der Waals surface area contributed by atoms with Crippen molar-refractivity contribution in [3.8, 4) is 5.75 Å². The fourth-order valence-electron chi connectivity index (χ4n) is 4.99. The molecule has 0 fully saturated rings. The number of pyridine rings is 1. The van der Waals surface area contributed by atoms with Gasteiger partial charge in [-0.3, -0.25) is 14.7 Å². The van der Waals surface area contributed by atoms with Gasteiger partial charge < -0.3 is 20.9 Å². The number of anilines is 2. The van der Waals surface area contributed by atoms with E-state index in [1.807, 2.05) is 38.1 Å². The number of carbonyl (C=O) groups is 1. The Kier molecular flexibility index (Phi) is 7.79. The number of nitrogens with one attached hydrogen (secondary N) is 1. The van der Waals surface area contributed by atoms with Gasteiger partial charge in [0.15, 0.2) is 0 Å². The Balaban J connectivity index is 1.69.